The van der Waals surface area contributed by atoms with E-state index >= 15 is 0 Å². The first-order valence-corrected chi connectivity index (χ1v) is 7.03. The van der Waals surface area contributed by atoms with E-state index in [0.29, 0.717) is 11.1 Å². The highest BCUT2D eigenvalue weighted by Gasteiger charge is 2.16. The van der Waals surface area contributed by atoms with Gasteiger partial charge >= 0.3 is 0 Å². The van der Waals surface area contributed by atoms with Gasteiger partial charge in [0, 0.05) is 11.6 Å². The van der Waals surface area contributed by atoms with Gasteiger partial charge in [-0.25, -0.2) is 4.98 Å². The number of nitrogens with one attached hydrogen (secondary N) is 1. The van der Waals surface area contributed by atoms with E-state index in [0.717, 1.165) is 33.0 Å². The van der Waals surface area contributed by atoms with Gasteiger partial charge in [0.15, 0.2) is 0 Å². The van der Waals surface area contributed by atoms with Crippen LogP contribution in [-0.4, -0.2) is 9.97 Å². The van der Waals surface area contributed by atoms with Crippen LogP contribution in [0.25, 0.3) is 44.1 Å². The molecule has 0 spiro atoms. The number of H-pyrrole nitrogens is 1. The summed E-state index contributed by atoms with van der Waals surface area (Å²) in [6.07, 6.45) is 1.57. The van der Waals surface area contributed by atoms with E-state index in [-0.39, 0.29) is 5.56 Å². The van der Waals surface area contributed by atoms with Crippen molar-refractivity contribution in [3.05, 3.63) is 65.1 Å². The van der Waals surface area contributed by atoms with Crippen LogP contribution in [0.15, 0.2) is 63.9 Å². The van der Waals surface area contributed by atoms with Crippen molar-refractivity contribution in [3.8, 4) is 11.1 Å². The molecule has 0 saturated carbocycles. The molecule has 0 saturated heterocycles. The van der Waals surface area contributed by atoms with Gasteiger partial charge in [0.2, 0.25) is 5.71 Å². The fraction of sp³-hybridized carbons (Fsp3) is 0. The minimum atomic E-state index is -0.118. The van der Waals surface area contributed by atoms with Crippen LogP contribution in [0.3, 0.4) is 0 Å². The molecule has 0 aliphatic rings. The summed E-state index contributed by atoms with van der Waals surface area (Å²) in [4.78, 5) is 19.1. The number of benzene rings is 2. The Labute approximate surface area is 124 Å². The van der Waals surface area contributed by atoms with Crippen LogP contribution in [-0.2, 0) is 0 Å². The molecule has 1 N–H and O–H groups in total. The maximum Gasteiger partial charge on any atom is 0.258 e. The van der Waals surface area contributed by atoms with Crippen LogP contribution in [0.4, 0.5) is 0 Å². The highest BCUT2D eigenvalue weighted by atomic mass is 16.3. The van der Waals surface area contributed by atoms with Gasteiger partial charge < -0.3 is 9.40 Å². The third-order valence-corrected chi connectivity index (χ3v) is 4.09. The third-order valence-electron chi connectivity index (χ3n) is 4.09. The Morgan fingerprint density at radius 3 is 2.68 bits per heavy atom. The van der Waals surface area contributed by atoms with Crippen molar-refractivity contribution in [2.45, 2.75) is 0 Å². The highest BCUT2D eigenvalue weighted by Crippen LogP contribution is 2.33. The van der Waals surface area contributed by atoms with E-state index in [1.165, 1.54) is 0 Å². The third kappa shape index (κ3) is 1.41. The van der Waals surface area contributed by atoms with Gasteiger partial charge in [0.25, 0.3) is 5.56 Å². The van der Waals surface area contributed by atoms with Gasteiger partial charge in [-0.05, 0) is 23.3 Å². The van der Waals surface area contributed by atoms with Crippen LogP contribution in [0, 0.1) is 0 Å². The topological polar surface area (TPSA) is 58.9 Å². The molecule has 0 aliphatic carbocycles. The van der Waals surface area contributed by atoms with Crippen LogP contribution < -0.4 is 5.56 Å². The number of nitrogens with zero attached hydrogens (tertiary/aromatic N) is 1. The van der Waals surface area contributed by atoms with Gasteiger partial charge in [-0.2, -0.15) is 0 Å². The molecule has 0 unspecified atom stereocenters. The Bertz CT molecular complexity index is 1190. The van der Waals surface area contributed by atoms with Gasteiger partial charge in [0.05, 0.1) is 16.3 Å². The molecule has 0 fully saturated rings. The lowest BCUT2D eigenvalue weighted by Gasteiger charge is -2.04. The summed E-state index contributed by atoms with van der Waals surface area (Å²) in [5, 5.41) is 2.26. The van der Waals surface area contributed by atoms with Crippen molar-refractivity contribution in [2.24, 2.45) is 0 Å². The van der Waals surface area contributed by atoms with E-state index in [4.69, 9.17) is 4.42 Å². The summed E-state index contributed by atoms with van der Waals surface area (Å²) in [6, 6.07) is 16.1. The van der Waals surface area contributed by atoms with Crippen molar-refractivity contribution in [1.29, 1.82) is 0 Å². The van der Waals surface area contributed by atoms with Crippen LogP contribution in [0.1, 0.15) is 0 Å². The quantitative estimate of drug-likeness (QED) is 0.508. The lowest BCUT2D eigenvalue weighted by molar-refractivity contribution is 0.649. The second-order valence-electron chi connectivity index (χ2n) is 5.36. The number of fused-ring (bicyclic) bond motifs is 2. The number of aromatic amines is 1. The lowest BCUT2D eigenvalue weighted by atomic mass is 10.0. The smallest absolute Gasteiger partial charge is 0.258 e. The van der Waals surface area contributed by atoms with Gasteiger partial charge in [-0.1, -0.05) is 36.4 Å². The molecule has 104 valence electrons. The second kappa shape index (κ2) is 3.95. The zero-order chi connectivity index (χ0) is 14.7. The first-order valence-electron chi connectivity index (χ1n) is 7.03. The lowest BCUT2D eigenvalue weighted by Crippen LogP contribution is -1.95. The first-order chi connectivity index (χ1) is 10.8. The van der Waals surface area contributed by atoms with Crippen molar-refractivity contribution < 1.29 is 4.42 Å². The number of aromatic nitrogens is 2. The Morgan fingerprint density at radius 1 is 0.955 bits per heavy atom. The SMILES string of the molecule is O=c1[nH]c2c3ccc(-c4ccccc4)cc3oc3ncc1c32. The molecule has 4 heteroatoms. The van der Waals surface area contributed by atoms with Gasteiger partial charge in [-0.3, -0.25) is 4.79 Å². The van der Waals surface area contributed by atoms with Crippen molar-refractivity contribution in [2.75, 3.05) is 0 Å². The Balaban J connectivity index is 1.90. The van der Waals surface area contributed by atoms with E-state index in [1.807, 2.05) is 36.4 Å². The molecular weight excluding hydrogens is 276 g/mol. The molecule has 4 nitrogen and oxygen atoms in total. The van der Waals surface area contributed by atoms with E-state index in [1.54, 1.807) is 6.20 Å². The number of hydrogen-bond acceptors (Lipinski definition) is 3. The Morgan fingerprint density at radius 2 is 1.82 bits per heavy atom. The standard InChI is InChI=1S/C18H10N2O2/c21-17-13-9-19-18-15(13)16(20-17)12-7-6-11(8-14(12)22-18)10-4-2-1-3-5-10/h1-9H,(H,20,21). The fourth-order valence-electron chi connectivity index (χ4n) is 3.03. The average molecular weight is 286 g/mol. The summed E-state index contributed by atoms with van der Waals surface area (Å²) in [5.74, 6) is 0. The maximum atomic E-state index is 11.9. The van der Waals surface area contributed by atoms with Crippen molar-refractivity contribution in [1.82, 2.24) is 9.97 Å². The molecule has 3 heterocycles. The van der Waals surface area contributed by atoms with E-state index in [2.05, 4.69) is 22.1 Å². The van der Waals surface area contributed by atoms with Gasteiger partial charge in [-0.15, -0.1) is 0 Å². The molecule has 3 aromatic heterocycles. The molecule has 0 amide bonds. The average Bonchev–Trinajstić information content (AvgIpc) is 3.12. The minimum absolute atomic E-state index is 0.118. The summed E-state index contributed by atoms with van der Waals surface area (Å²) in [7, 11) is 0. The highest BCUT2D eigenvalue weighted by molar-refractivity contribution is 6.16. The predicted octanol–water partition coefficient (Wildman–Crippen LogP) is 3.93. The summed E-state index contributed by atoms with van der Waals surface area (Å²) in [6.45, 7) is 0. The maximum absolute atomic E-state index is 11.9. The Hall–Kier alpha value is -3.14. The normalized spacial score (nSPS) is 11.8. The Kier molecular flexibility index (Phi) is 2.07. The summed E-state index contributed by atoms with van der Waals surface area (Å²) in [5.41, 5.74) is 4.09. The summed E-state index contributed by atoms with van der Waals surface area (Å²) < 4.78 is 5.89. The zero-order valence-corrected chi connectivity index (χ0v) is 11.5. The number of hydrogen-bond donors (Lipinski definition) is 1. The van der Waals surface area contributed by atoms with Crippen LogP contribution in [0.5, 0.6) is 0 Å². The molecule has 22 heavy (non-hydrogen) atoms. The molecular formula is C18H10N2O2. The molecule has 0 aliphatic heterocycles. The molecule has 5 aromatic rings. The van der Waals surface area contributed by atoms with Crippen LogP contribution >= 0.6 is 0 Å². The molecule has 0 radical (unpaired) electrons. The molecule has 0 atom stereocenters. The monoisotopic (exact) mass is 286 g/mol. The van der Waals surface area contributed by atoms with Crippen molar-refractivity contribution in [3.63, 3.8) is 0 Å². The zero-order valence-electron chi connectivity index (χ0n) is 11.5. The second-order valence-corrected chi connectivity index (χ2v) is 5.36. The van der Waals surface area contributed by atoms with Crippen LogP contribution in [0.2, 0.25) is 0 Å². The predicted molar refractivity (Wildman–Crippen MR) is 86.3 cm³/mol. The minimum Gasteiger partial charge on any atom is -0.438 e. The number of rotatable bonds is 1. The van der Waals surface area contributed by atoms with E-state index in [9.17, 15) is 4.79 Å². The van der Waals surface area contributed by atoms with E-state index < -0.39 is 0 Å². The van der Waals surface area contributed by atoms with Gasteiger partial charge in [0.1, 0.15) is 5.58 Å². The molecule has 2 aromatic carbocycles. The summed E-state index contributed by atoms with van der Waals surface area (Å²) >= 11 is 0. The molecule has 5 rings (SSSR count). The molecule has 0 bridgehead atoms. The fourth-order valence-corrected chi connectivity index (χ4v) is 3.03. The first kappa shape index (κ1) is 11.5. The largest absolute Gasteiger partial charge is 0.438 e. The van der Waals surface area contributed by atoms with Crippen molar-refractivity contribution >= 4 is 33.0 Å².